The third-order valence-corrected chi connectivity index (χ3v) is 7.27. The van der Waals surface area contributed by atoms with Crippen LogP contribution in [-0.4, -0.2) is 19.6 Å². The molecule has 178 valence electrons. The SMILES string of the molecule is CC[C@@H](Nc1c(Nc2cccc(S(=O)(=O)c3ccccc3)c2O)c(=O)c1=O)/C(C)=C/C=C(C)C. The Hall–Kier alpha value is -3.65. The molecule has 0 bridgehead atoms. The number of anilines is 3. The molecular weight excluding hydrogens is 452 g/mol. The monoisotopic (exact) mass is 480 g/mol. The van der Waals surface area contributed by atoms with Crippen LogP contribution in [0.4, 0.5) is 17.1 Å². The first-order chi connectivity index (χ1) is 16.1. The molecular formula is C26H28N2O5S. The molecule has 0 heterocycles. The normalized spacial score (nSPS) is 12.9. The minimum Gasteiger partial charge on any atom is -0.504 e. The van der Waals surface area contributed by atoms with Gasteiger partial charge >= 0.3 is 0 Å². The summed E-state index contributed by atoms with van der Waals surface area (Å²) in [7, 11) is -3.99. The summed E-state index contributed by atoms with van der Waals surface area (Å²) in [4.78, 5) is 24.3. The molecule has 0 saturated carbocycles. The fourth-order valence-corrected chi connectivity index (χ4v) is 4.87. The molecule has 7 nitrogen and oxygen atoms in total. The van der Waals surface area contributed by atoms with Crippen molar-refractivity contribution < 1.29 is 13.5 Å². The van der Waals surface area contributed by atoms with Crippen molar-refractivity contribution in [3.05, 3.63) is 92.3 Å². The van der Waals surface area contributed by atoms with Crippen LogP contribution in [0.1, 0.15) is 34.1 Å². The van der Waals surface area contributed by atoms with Crippen molar-refractivity contribution in [2.24, 2.45) is 0 Å². The second-order valence-electron chi connectivity index (χ2n) is 8.26. The number of para-hydroxylation sites is 1. The van der Waals surface area contributed by atoms with Crippen molar-refractivity contribution in [1.82, 2.24) is 0 Å². The summed E-state index contributed by atoms with van der Waals surface area (Å²) in [5.41, 5.74) is 0.827. The van der Waals surface area contributed by atoms with E-state index in [1.165, 1.54) is 30.3 Å². The van der Waals surface area contributed by atoms with Gasteiger partial charge in [0.25, 0.3) is 10.9 Å². The van der Waals surface area contributed by atoms with Crippen LogP contribution in [-0.2, 0) is 9.84 Å². The Morgan fingerprint density at radius 1 is 0.941 bits per heavy atom. The second kappa shape index (κ2) is 10.1. The number of nitrogens with one attached hydrogen (secondary N) is 2. The average molecular weight is 481 g/mol. The number of hydrogen-bond acceptors (Lipinski definition) is 7. The quantitative estimate of drug-likeness (QED) is 0.232. The summed E-state index contributed by atoms with van der Waals surface area (Å²) in [6, 6.07) is 11.7. The third-order valence-electron chi connectivity index (χ3n) is 5.47. The smallest absolute Gasteiger partial charge is 0.253 e. The standard InChI is InChI=1S/C26H28N2O5S/c1-5-19(17(4)15-14-16(2)3)27-22-23(26(31)25(22)30)28-20-12-9-13-21(24(20)29)34(32,33)18-10-7-6-8-11-18/h6-15,19,27-29H,5H2,1-4H3/b17-15+/t19-/m1/s1. The van der Waals surface area contributed by atoms with Gasteiger partial charge in [0.1, 0.15) is 16.3 Å². The van der Waals surface area contributed by atoms with Crippen molar-refractivity contribution in [3.63, 3.8) is 0 Å². The summed E-state index contributed by atoms with van der Waals surface area (Å²) in [6.07, 6.45) is 4.60. The first-order valence-corrected chi connectivity index (χ1v) is 12.4. The van der Waals surface area contributed by atoms with Crippen molar-refractivity contribution >= 4 is 26.9 Å². The highest BCUT2D eigenvalue weighted by Gasteiger charge is 2.27. The Bertz CT molecular complexity index is 1430. The Labute approximate surface area is 199 Å². The molecule has 0 fully saturated rings. The number of sulfone groups is 1. The molecule has 0 aliphatic heterocycles. The Morgan fingerprint density at radius 2 is 1.59 bits per heavy atom. The van der Waals surface area contributed by atoms with Gasteiger partial charge in [-0.05, 0) is 51.5 Å². The molecule has 3 N–H and O–H groups in total. The molecule has 0 unspecified atom stereocenters. The van der Waals surface area contributed by atoms with E-state index in [1.807, 2.05) is 39.8 Å². The zero-order valence-electron chi connectivity index (χ0n) is 19.5. The van der Waals surface area contributed by atoms with Gasteiger partial charge in [-0.15, -0.1) is 0 Å². The molecule has 0 saturated heterocycles. The van der Waals surface area contributed by atoms with E-state index in [2.05, 4.69) is 10.6 Å². The maximum atomic E-state index is 13.0. The number of hydrogen-bond donors (Lipinski definition) is 3. The van der Waals surface area contributed by atoms with Gasteiger partial charge in [-0.25, -0.2) is 8.42 Å². The fraction of sp³-hybridized carbons (Fsp3) is 0.231. The number of aromatic hydroxyl groups is 1. The second-order valence-corrected chi connectivity index (χ2v) is 10.2. The number of phenolic OH excluding ortho intramolecular Hbond substituents is 1. The molecule has 0 aliphatic carbocycles. The molecule has 34 heavy (non-hydrogen) atoms. The van der Waals surface area contributed by atoms with Crippen LogP contribution in [0, 0.1) is 0 Å². The number of phenols is 1. The summed E-state index contributed by atoms with van der Waals surface area (Å²) in [6.45, 7) is 7.85. The summed E-state index contributed by atoms with van der Waals surface area (Å²) in [5.74, 6) is -0.531. The van der Waals surface area contributed by atoms with Crippen molar-refractivity contribution in [2.75, 3.05) is 10.6 Å². The van der Waals surface area contributed by atoms with Crippen molar-refractivity contribution in [3.8, 4) is 5.75 Å². The molecule has 0 aromatic heterocycles. The van der Waals surface area contributed by atoms with E-state index in [0.29, 0.717) is 6.42 Å². The number of allylic oxidation sites excluding steroid dienone is 3. The van der Waals surface area contributed by atoms with E-state index >= 15 is 0 Å². The highest BCUT2D eigenvalue weighted by Crippen LogP contribution is 2.36. The largest absolute Gasteiger partial charge is 0.504 e. The first-order valence-electron chi connectivity index (χ1n) is 10.9. The molecule has 3 aromatic rings. The summed E-state index contributed by atoms with van der Waals surface area (Å²) in [5, 5.41) is 16.6. The van der Waals surface area contributed by atoms with Crippen molar-refractivity contribution in [2.45, 2.75) is 49.9 Å². The molecule has 3 aromatic carbocycles. The van der Waals surface area contributed by atoms with E-state index in [0.717, 1.165) is 11.1 Å². The predicted octanol–water partition coefficient (Wildman–Crippen LogP) is 4.67. The molecule has 0 aliphatic rings. The molecule has 0 amide bonds. The Morgan fingerprint density at radius 3 is 2.21 bits per heavy atom. The van der Waals surface area contributed by atoms with Crippen LogP contribution in [0.2, 0.25) is 0 Å². The Kier molecular flexibility index (Phi) is 7.41. The maximum Gasteiger partial charge on any atom is 0.253 e. The topological polar surface area (TPSA) is 113 Å². The summed E-state index contributed by atoms with van der Waals surface area (Å²) < 4.78 is 26.0. The zero-order valence-corrected chi connectivity index (χ0v) is 20.4. The number of rotatable bonds is 9. The first kappa shape index (κ1) is 25.0. The van der Waals surface area contributed by atoms with E-state index in [-0.39, 0.29) is 32.9 Å². The van der Waals surface area contributed by atoms with Gasteiger partial charge in [0.15, 0.2) is 5.75 Å². The van der Waals surface area contributed by atoms with Gasteiger partial charge in [0.2, 0.25) is 9.84 Å². The minimum absolute atomic E-state index is 0.0111. The molecule has 1 atom stereocenters. The molecule has 0 radical (unpaired) electrons. The average Bonchev–Trinajstić information content (AvgIpc) is 2.83. The van der Waals surface area contributed by atoms with Crippen LogP contribution < -0.4 is 21.5 Å². The van der Waals surface area contributed by atoms with Gasteiger partial charge in [-0.2, -0.15) is 0 Å². The summed E-state index contributed by atoms with van der Waals surface area (Å²) >= 11 is 0. The van der Waals surface area contributed by atoms with Gasteiger partial charge in [0.05, 0.1) is 10.6 Å². The van der Waals surface area contributed by atoms with Gasteiger partial charge in [-0.1, -0.05) is 54.5 Å². The van der Waals surface area contributed by atoms with Gasteiger partial charge in [0, 0.05) is 6.04 Å². The molecule has 0 spiro atoms. The minimum atomic E-state index is -3.99. The lowest BCUT2D eigenvalue weighted by atomic mass is 10.0. The lowest BCUT2D eigenvalue weighted by Crippen LogP contribution is -2.39. The van der Waals surface area contributed by atoms with Crippen LogP contribution >= 0.6 is 0 Å². The number of benzene rings is 2. The lowest BCUT2D eigenvalue weighted by molar-refractivity contribution is 0.461. The van der Waals surface area contributed by atoms with Gasteiger partial charge < -0.3 is 15.7 Å². The van der Waals surface area contributed by atoms with E-state index in [1.54, 1.807) is 18.2 Å². The molecule has 3 rings (SSSR count). The van der Waals surface area contributed by atoms with Crippen LogP contribution in [0.3, 0.4) is 0 Å². The predicted molar refractivity (Wildman–Crippen MR) is 136 cm³/mol. The highest BCUT2D eigenvalue weighted by molar-refractivity contribution is 7.91. The zero-order chi connectivity index (χ0) is 25.0. The third kappa shape index (κ3) is 4.97. The van der Waals surface area contributed by atoms with Gasteiger partial charge in [-0.3, -0.25) is 9.59 Å². The highest BCUT2D eigenvalue weighted by atomic mass is 32.2. The van der Waals surface area contributed by atoms with E-state index in [4.69, 9.17) is 0 Å². The van der Waals surface area contributed by atoms with E-state index in [9.17, 15) is 23.1 Å². The van der Waals surface area contributed by atoms with Crippen LogP contribution in [0.15, 0.2) is 91.2 Å². The Balaban J connectivity index is 1.94. The lowest BCUT2D eigenvalue weighted by Gasteiger charge is -2.22. The van der Waals surface area contributed by atoms with E-state index < -0.39 is 26.4 Å². The van der Waals surface area contributed by atoms with Crippen LogP contribution in [0.25, 0.3) is 0 Å². The maximum absolute atomic E-state index is 13.0. The van der Waals surface area contributed by atoms with Crippen LogP contribution in [0.5, 0.6) is 5.75 Å². The molecule has 8 heteroatoms. The van der Waals surface area contributed by atoms with Crippen molar-refractivity contribution in [1.29, 1.82) is 0 Å². The fourth-order valence-electron chi connectivity index (χ4n) is 3.48.